The predicted molar refractivity (Wildman–Crippen MR) is 141 cm³/mol. The molecule has 180 valence electrons. The summed E-state index contributed by atoms with van der Waals surface area (Å²) in [6, 6.07) is 8.79. The van der Waals surface area contributed by atoms with Crippen LogP contribution < -0.4 is 27.3 Å². The number of aryl methyl sites for hydroxylation is 1. The lowest BCUT2D eigenvalue weighted by Crippen LogP contribution is -2.42. The Morgan fingerprint density at radius 2 is 1.86 bits per heavy atom. The maximum absolute atomic E-state index is 15.1. The molecule has 1 saturated carbocycles. The monoisotopic (exact) mass is 608 g/mol. The van der Waals surface area contributed by atoms with Gasteiger partial charge in [-0.25, -0.2) is 13.8 Å². The Bertz CT molecular complexity index is 1720. The van der Waals surface area contributed by atoms with Crippen molar-refractivity contribution in [1.29, 1.82) is 0 Å². The van der Waals surface area contributed by atoms with Gasteiger partial charge in [0.2, 0.25) is 0 Å². The zero-order chi connectivity index (χ0) is 25.2. The number of halogens is 3. The highest BCUT2D eigenvalue weighted by Crippen LogP contribution is 2.38. The number of nitrogens with two attached hydrogens (primary N) is 1. The fourth-order valence-corrected chi connectivity index (χ4v) is 4.76. The number of nitrogen functional groups attached to an aromatic ring is 1. The lowest BCUT2D eigenvalue weighted by atomic mass is 10.2. The Kier molecular flexibility index (Phi) is 5.75. The number of aromatic nitrogens is 3. The number of rotatable bonds is 4. The lowest BCUT2D eigenvalue weighted by Gasteiger charge is -2.20. The van der Waals surface area contributed by atoms with E-state index in [4.69, 9.17) is 22.1 Å². The van der Waals surface area contributed by atoms with E-state index in [0.29, 0.717) is 16.4 Å². The first-order valence-electron chi connectivity index (χ1n) is 10.7. The zero-order valence-electron chi connectivity index (χ0n) is 18.6. The van der Waals surface area contributed by atoms with Crippen molar-refractivity contribution >= 4 is 50.9 Å². The number of nitrogens with zero attached hydrogens (tertiary/aromatic N) is 3. The van der Waals surface area contributed by atoms with Crippen LogP contribution in [0.5, 0.6) is 11.5 Å². The van der Waals surface area contributed by atoms with Crippen molar-refractivity contribution in [3.8, 4) is 17.2 Å². The van der Waals surface area contributed by atoms with Crippen LogP contribution in [0.4, 0.5) is 10.1 Å². The highest BCUT2D eigenvalue weighted by Gasteiger charge is 2.32. The molecule has 5 rings (SSSR count). The third kappa shape index (κ3) is 3.75. The van der Waals surface area contributed by atoms with Crippen LogP contribution in [0.25, 0.3) is 16.7 Å². The molecule has 0 aliphatic heterocycles. The Labute approximate surface area is 216 Å². The minimum atomic E-state index is -0.725. The molecule has 11 heteroatoms. The molecule has 0 bridgehead atoms. The average Bonchev–Trinajstić information content (AvgIpc) is 3.64. The number of anilines is 1. The van der Waals surface area contributed by atoms with Crippen LogP contribution in [0.2, 0.25) is 5.02 Å². The van der Waals surface area contributed by atoms with Gasteiger partial charge in [0, 0.05) is 16.7 Å². The van der Waals surface area contributed by atoms with Gasteiger partial charge in [0.15, 0.2) is 5.75 Å². The van der Waals surface area contributed by atoms with Crippen molar-refractivity contribution < 1.29 is 9.13 Å². The average molecular weight is 609 g/mol. The second kappa shape index (κ2) is 8.52. The molecule has 0 amide bonds. The molecule has 0 atom stereocenters. The molecule has 8 nitrogen and oxygen atoms in total. The van der Waals surface area contributed by atoms with Crippen molar-refractivity contribution in [2.24, 2.45) is 7.05 Å². The number of fused-ring (bicyclic) bond motifs is 1. The van der Waals surface area contributed by atoms with Gasteiger partial charge in [-0.05, 0) is 72.7 Å². The summed E-state index contributed by atoms with van der Waals surface area (Å²) in [5.74, 6) is -0.592. The number of benzene rings is 2. The molecule has 1 aliphatic carbocycles. The van der Waals surface area contributed by atoms with Crippen LogP contribution in [-0.2, 0) is 7.05 Å². The van der Waals surface area contributed by atoms with Gasteiger partial charge in [0.25, 0.3) is 11.1 Å². The van der Waals surface area contributed by atoms with Gasteiger partial charge in [-0.2, -0.15) is 0 Å². The maximum atomic E-state index is 15.1. The van der Waals surface area contributed by atoms with Gasteiger partial charge < -0.3 is 10.5 Å². The Hall–Kier alpha value is -3.12. The van der Waals surface area contributed by atoms with Crippen molar-refractivity contribution in [3.05, 3.63) is 87.6 Å². The van der Waals surface area contributed by atoms with E-state index in [1.54, 1.807) is 24.3 Å². The molecular weight excluding hydrogens is 590 g/mol. The van der Waals surface area contributed by atoms with Gasteiger partial charge in [-0.3, -0.25) is 18.7 Å². The first-order chi connectivity index (χ1) is 16.6. The van der Waals surface area contributed by atoms with E-state index in [-0.39, 0.29) is 50.5 Å². The van der Waals surface area contributed by atoms with Crippen molar-refractivity contribution in [2.75, 3.05) is 5.73 Å². The molecule has 1 aliphatic rings. The van der Waals surface area contributed by atoms with Gasteiger partial charge in [0.1, 0.15) is 27.6 Å². The minimum absolute atomic E-state index is 0.0347. The number of hydrogen-bond donors (Lipinski definition) is 1. The largest absolute Gasteiger partial charge is 0.454 e. The van der Waals surface area contributed by atoms with E-state index < -0.39 is 22.6 Å². The quantitative estimate of drug-likeness (QED) is 0.276. The second-order valence-electron chi connectivity index (χ2n) is 8.40. The standard InChI is InChI=1S/C24H19ClFIN4O4/c1-11-20(35-17-5-3-4-15(28)19(17)25)18-21(29(2)22(11)32)31(16-9-6-12(27)10-14(16)26)24(34)30(23(18)33)13-7-8-13/h3-6,9-10,13H,7-8,28H2,1-2H3. The molecule has 2 aromatic heterocycles. The van der Waals surface area contributed by atoms with Crippen LogP contribution >= 0.6 is 34.2 Å². The molecule has 2 heterocycles. The maximum Gasteiger partial charge on any atom is 0.337 e. The van der Waals surface area contributed by atoms with Crippen LogP contribution in [0.1, 0.15) is 24.4 Å². The second-order valence-corrected chi connectivity index (χ2v) is 10.0. The first kappa shape index (κ1) is 23.6. The molecular formula is C24H19ClFIN4O4. The third-order valence-corrected chi connectivity index (χ3v) is 7.12. The summed E-state index contributed by atoms with van der Waals surface area (Å²) in [7, 11) is 1.43. The van der Waals surface area contributed by atoms with E-state index in [1.807, 2.05) is 22.6 Å². The predicted octanol–water partition coefficient (Wildman–Crippen LogP) is 4.27. The Morgan fingerprint density at radius 1 is 1.14 bits per heavy atom. The highest BCUT2D eigenvalue weighted by molar-refractivity contribution is 14.1. The normalized spacial score (nSPS) is 13.4. The van der Waals surface area contributed by atoms with Gasteiger partial charge in [-0.15, -0.1) is 0 Å². The Balaban J connectivity index is 1.97. The molecule has 4 aromatic rings. The van der Waals surface area contributed by atoms with E-state index in [9.17, 15) is 14.4 Å². The van der Waals surface area contributed by atoms with E-state index in [0.717, 1.165) is 13.7 Å². The van der Waals surface area contributed by atoms with E-state index in [2.05, 4.69) is 0 Å². The smallest absolute Gasteiger partial charge is 0.337 e. The van der Waals surface area contributed by atoms with Crippen molar-refractivity contribution in [1.82, 2.24) is 13.7 Å². The molecule has 35 heavy (non-hydrogen) atoms. The van der Waals surface area contributed by atoms with Gasteiger partial charge in [-0.1, -0.05) is 17.7 Å². The van der Waals surface area contributed by atoms with Crippen LogP contribution in [0.3, 0.4) is 0 Å². The molecule has 0 saturated heterocycles. The summed E-state index contributed by atoms with van der Waals surface area (Å²) in [5.41, 5.74) is 4.25. The van der Waals surface area contributed by atoms with Crippen LogP contribution in [0, 0.1) is 16.3 Å². The lowest BCUT2D eigenvalue weighted by molar-refractivity contribution is 0.480. The summed E-state index contributed by atoms with van der Waals surface area (Å²) in [6.07, 6.45) is 1.27. The van der Waals surface area contributed by atoms with E-state index in [1.165, 1.54) is 26.1 Å². The summed E-state index contributed by atoms with van der Waals surface area (Å²) < 4.78 is 25.1. The van der Waals surface area contributed by atoms with Crippen LogP contribution in [-0.4, -0.2) is 13.7 Å². The SMILES string of the molecule is Cc1c(Oc2cccc(N)c2Cl)c2c(=O)n(C3CC3)c(=O)n(-c3ccc(I)cc3F)c2n(C)c1=O. The fourth-order valence-electron chi connectivity index (χ4n) is 4.14. The summed E-state index contributed by atoms with van der Waals surface area (Å²) in [6.45, 7) is 1.51. The highest BCUT2D eigenvalue weighted by atomic mass is 127. The van der Waals surface area contributed by atoms with Crippen molar-refractivity contribution in [3.63, 3.8) is 0 Å². The molecule has 0 spiro atoms. The summed E-state index contributed by atoms with van der Waals surface area (Å²) in [4.78, 5) is 40.6. The summed E-state index contributed by atoms with van der Waals surface area (Å²) in [5, 5.41) is 0.0767. The summed E-state index contributed by atoms with van der Waals surface area (Å²) >= 11 is 8.28. The molecule has 0 unspecified atom stereocenters. The van der Waals surface area contributed by atoms with Crippen LogP contribution in [0.15, 0.2) is 50.8 Å². The van der Waals surface area contributed by atoms with E-state index >= 15 is 4.39 Å². The molecule has 0 radical (unpaired) electrons. The molecule has 2 N–H and O–H groups in total. The number of pyridine rings is 1. The first-order valence-corrected chi connectivity index (χ1v) is 12.2. The zero-order valence-corrected chi connectivity index (χ0v) is 21.6. The number of ether oxygens (including phenoxy) is 1. The fraction of sp³-hybridized carbons (Fsp3) is 0.208. The van der Waals surface area contributed by atoms with Crippen molar-refractivity contribution in [2.45, 2.75) is 25.8 Å². The third-order valence-electron chi connectivity index (χ3n) is 6.04. The molecule has 1 fully saturated rings. The van der Waals surface area contributed by atoms with Gasteiger partial charge >= 0.3 is 5.69 Å². The number of hydrogen-bond acceptors (Lipinski definition) is 5. The minimum Gasteiger partial charge on any atom is -0.454 e. The van der Waals surface area contributed by atoms with Gasteiger partial charge in [0.05, 0.1) is 16.9 Å². The molecule has 2 aromatic carbocycles. The topological polar surface area (TPSA) is 101 Å². The Morgan fingerprint density at radius 3 is 2.51 bits per heavy atom.